The summed E-state index contributed by atoms with van der Waals surface area (Å²) >= 11 is 0. The first-order chi connectivity index (χ1) is 30.8. The zero-order valence-corrected chi connectivity index (χ0v) is 37.8. The highest BCUT2D eigenvalue weighted by molar-refractivity contribution is 6.06. The summed E-state index contributed by atoms with van der Waals surface area (Å²) in [5.74, 6) is 1.16. The molecule has 1 unspecified atom stereocenters. The third-order valence-corrected chi connectivity index (χ3v) is 14.5. The molecule has 0 bridgehead atoms. The van der Waals surface area contributed by atoms with Crippen LogP contribution in [0.1, 0.15) is 96.1 Å². The number of carbonyl (C=O) groups is 4. The van der Waals surface area contributed by atoms with Crippen molar-refractivity contribution in [1.29, 1.82) is 0 Å². The molecule has 0 aliphatic carbocycles. The fraction of sp³-hybridized carbons (Fsp3) is 0.510. The molecule has 3 aromatic carbocycles. The molecule has 5 aliphatic heterocycles. The van der Waals surface area contributed by atoms with Crippen molar-refractivity contribution < 1.29 is 38.1 Å². The molecule has 5 aliphatic rings. The summed E-state index contributed by atoms with van der Waals surface area (Å²) in [6.45, 7) is 11.5. The number of fused-ring (bicyclic) bond motifs is 6. The van der Waals surface area contributed by atoms with Gasteiger partial charge in [0.2, 0.25) is 11.8 Å². The molecule has 9 rings (SSSR count). The van der Waals surface area contributed by atoms with Crippen LogP contribution >= 0.6 is 0 Å². The number of H-pyrrole nitrogens is 1. The third kappa shape index (κ3) is 7.75. The summed E-state index contributed by atoms with van der Waals surface area (Å²) < 4.78 is 21.9. The van der Waals surface area contributed by atoms with E-state index in [1.165, 1.54) is 14.2 Å². The molecular weight excluding hydrogens is 815 g/mol. The van der Waals surface area contributed by atoms with E-state index in [0.29, 0.717) is 44.9 Å². The zero-order valence-electron chi connectivity index (χ0n) is 37.8. The molecular formula is C49H59N7O8. The Kier molecular flexibility index (Phi) is 11.6. The number of likely N-dealkylation sites (tertiary alicyclic amines) is 2. The van der Waals surface area contributed by atoms with Gasteiger partial charge >= 0.3 is 12.2 Å². The van der Waals surface area contributed by atoms with Gasteiger partial charge in [-0.05, 0) is 116 Å². The van der Waals surface area contributed by atoms with Crippen LogP contribution in [0, 0.1) is 11.3 Å². The van der Waals surface area contributed by atoms with Crippen molar-refractivity contribution in [3.63, 3.8) is 0 Å². The highest BCUT2D eigenvalue weighted by Crippen LogP contribution is 2.46. The summed E-state index contributed by atoms with van der Waals surface area (Å²) in [4.78, 5) is 70.6. The number of nitrogens with one attached hydrogen (secondary N) is 3. The van der Waals surface area contributed by atoms with E-state index in [9.17, 15) is 19.2 Å². The number of aromatic amines is 1. The van der Waals surface area contributed by atoms with Gasteiger partial charge in [-0.25, -0.2) is 14.6 Å². The Labute approximate surface area is 373 Å². The van der Waals surface area contributed by atoms with Crippen LogP contribution in [-0.4, -0.2) is 107 Å². The second-order valence-corrected chi connectivity index (χ2v) is 18.8. The number of amides is 4. The molecule has 6 atom stereocenters. The Balaban J connectivity index is 0.937. The molecule has 15 heteroatoms. The van der Waals surface area contributed by atoms with E-state index in [1.54, 1.807) is 0 Å². The van der Waals surface area contributed by atoms with E-state index in [4.69, 9.17) is 28.9 Å². The van der Waals surface area contributed by atoms with Crippen LogP contribution in [0.4, 0.5) is 15.3 Å². The van der Waals surface area contributed by atoms with E-state index in [2.05, 4.69) is 71.9 Å². The van der Waals surface area contributed by atoms with Gasteiger partial charge in [0.25, 0.3) is 0 Å². The lowest BCUT2D eigenvalue weighted by Crippen LogP contribution is -2.58. The first-order valence-electron chi connectivity index (χ1n) is 22.7. The van der Waals surface area contributed by atoms with Crippen LogP contribution < -0.4 is 15.4 Å². The van der Waals surface area contributed by atoms with Gasteiger partial charge in [0.15, 0.2) is 0 Å². The Morgan fingerprint density at radius 3 is 2.28 bits per heavy atom. The number of hydrogen-bond acceptors (Lipinski definition) is 10. The number of aromatic nitrogens is 2. The van der Waals surface area contributed by atoms with Crippen molar-refractivity contribution in [1.82, 2.24) is 30.4 Å². The number of imidazole rings is 1. The molecule has 6 heterocycles. The number of ether oxygens (including phenoxy) is 4. The Bertz CT molecular complexity index is 2530. The van der Waals surface area contributed by atoms with E-state index in [1.807, 2.05) is 36.8 Å². The molecule has 3 saturated heterocycles. The molecule has 338 valence electrons. The molecule has 0 spiro atoms. The summed E-state index contributed by atoms with van der Waals surface area (Å²) in [6.07, 6.45) is 5.73. The van der Waals surface area contributed by atoms with Crippen molar-refractivity contribution in [3.8, 4) is 28.1 Å². The fourth-order valence-electron chi connectivity index (χ4n) is 10.7. The topological polar surface area (TPSA) is 177 Å². The SMILES string of the molecule is COC(=O)NC(C(=O)N1[C@@H](C)CC[C@H]1C1=Nc2ccc3cc4c(cc3c2C1)OCc1cc(-c2cnc([C@@H]3CC[C@H](C)N3C(=O)[C@@H](NC(=O)OC)C3(C)CCOCC3)[nH]2)ccc1-4)C(C)C. The predicted octanol–water partition coefficient (Wildman–Crippen LogP) is 7.77. The van der Waals surface area contributed by atoms with Gasteiger partial charge < -0.3 is 44.4 Å². The van der Waals surface area contributed by atoms with Crippen LogP contribution in [0.2, 0.25) is 0 Å². The molecule has 4 aromatic rings. The zero-order chi connectivity index (χ0) is 45.0. The summed E-state index contributed by atoms with van der Waals surface area (Å²) in [6, 6.07) is 13.0. The molecule has 1 aromatic heterocycles. The van der Waals surface area contributed by atoms with Crippen LogP contribution in [0.15, 0.2) is 53.7 Å². The standard InChI is InChI=1S/C49H59N7O8/c1-26(2)42(53-47(59)61-6)45(57)55-27(3)8-14-39(55)37-22-34-33-23-41-35(21-29(33)11-13-36(34)51-37)32-12-10-30(20-31(32)25-64-41)38-24-50-44(52-38)40-15-9-28(4)56(40)46(58)43(54-48(60)62-7)49(5)16-18-63-19-17-49/h10-13,20-21,23-24,26-28,39-40,42-43H,8-9,14-19,22,25H2,1-7H3,(H,50,52)(H,53,59)(H,54,60)/t27-,28-,39-,40-,42?,43+/m0/s1. The second-order valence-electron chi connectivity index (χ2n) is 18.8. The Morgan fingerprint density at radius 2 is 1.56 bits per heavy atom. The van der Waals surface area contributed by atoms with E-state index in [0.717, 1.165) is 87.1 Å². The summed E-state index contributed by atoms with van der Waals surface area (Å²) in [5, 5.41) is 7.81. The number of benzene rings is 3. The quantitative estimate of drug-likeness (QED) is 0.152. The van der Waals surface area contributed by atoms with Gasteiger partial charge in [-0.1, -0.05) is 39.0 Å². The molecule has 15 nitrogen and oxygen atoms in total. The van der Waals surface area contributed by atoms with Gasteiger partial charge in [-0.2, -0.15) is 0 Å². The van der Waals surface area contributed by atoms with Gasteiger partial charge in [-0.15, -0.1) is 0 Å². The Hall–Kier alpha value is -5.96. The normalized spacial score (nSPS) is 23.1. The van der Waals surface area contributed by atoms with Crippen LogP contribution in [0.5, 0.6) is 5.75 Å². The summed E-state index contributed by atoms with van der Waals surface area (Å²) in [5.41, 5.74) is 7.50. The van der Waals surface area contributed by atoms with Crippen molar-refractivity contribution in [3.05, 3.63) is 65.6 Å². The van der Waals surface area contributed by atoms with Crippen LogP contribution in [0.25, 0.3) is 33.2 Å². The summed E-state index contributed by atoms with van der Waals surface area (Å²) in [7, 11) is 2.62. The minimum absolute atomic E-state index is 0.0113. The lowest BCUT2D eigenvalue weighted by molar-refractivity contribution is -0.141. The molecule has 0 radical (unpaired) electrons. The number of alkyl carbamates (subject to hydrolysis) is 2. The van der Waals surface area contributed by atoms with Crippen molar-refractivity contribution >= 4 is 46.2 Å². The maximum Gasteiger partial charge on any atom is 0.407 e. The molecule has 0 saturated carbocycles. The molecule has 3 N–H and O–H groups in total. The van der Waals surface area contributed by atoms with Gasteiger partial charge in [0.05, 0.1) is 43.9 Å². The average Bonchev–Trinajstić information content (AvgIpc) is 4.12. The smallest absolute Gasteiger partial charge is 0.407 e. The van der Waals surface area contributed by atoms with Gasteiger partial charge in [0, 0.05) is 48.4 Å². The highest BCUT2D eigenvalue weighted by Gasteiger charge is 2.48. The maximum atomic E-state index is 14.5. The lowest BCUT2D eigenvalue weighted by atomic mass is 9.75. The highest BCUT2D eigenvalue weighted by atomic mass is 16.5. The monoisotopic (exact) mass is 873 g/mol. The van der Waals surface area contributed by atoms with Gasteiger partial charge in [-0.3, -0.25) is 14.6 Å². The largest absolute Gasteiger partial charge is 0.488 e. The van der Waals surface area contributed by atoms with E-state index >= 15 is 0 Å². The number of nitrogens with zero attached hydrogens (tertiary/aromatic N) is 4. The van der Waals surface area contributed by atoms with E-state index in [-0.39, 0.29) is 41.9 Å². The first kappa shape index (κ1) is 43.3. The minimum Gasteiger partial charge on any atom is -0.488 e. The Morgan fingerprint density at radius 1 is 0.859 bits per heavy atom. The van der Waals surface area contributed by atoms with Crippen molar-refractivity contribution in [2.45, 2.75) is 122 Å². The van der Waals surface area contributed by atoms with Gasteiger partial charge in [0.1, 0.15) is 30.3 Å². The average molecular weight is 874 g/mol. The molecule has 3 fully saturated rings. The predicted molar refractivity (Wildman–Crippen MR) is 241 cm³/mol. The number of aliphatic imine (C=N–C) groups is 1. The number of carbonyl (C=O) groups excluding carboxylic acids is 4. The first-order valence-corrected chi connectivity index (χ1v) is 22.7. The van der Waals surface area contributed by atoms with Crippen LogP contribution in [0.3, 0.4) is 0 Å². The fourth-order valence-corrected chi connectivity index (χ4v) is 10.7. The molecule has 4 amide bonds. The van der Waals surface area contributed by atoms with E-state index < -0.39 is 29.7 Å². The lowest BCUT2D eigenvalue weighted by Gasteiger charge is -2.42. The third-order valence-electron chi connectivity index (χ3n) is 14.5. The number of rotatable bonds is 9. The van der Waals surface area contributed by atoms with Crippen LogP contribution in [-0.2, 0) is 36.8 Å². The second kappa shape index (κ2) is 17.2. The molecule has 64 heavy (non-hydrogen) atoms. The van der Waals surface area contributed by atoms with Crippen molar-refractivity contribution in [2.24, 2.45) is 16.3 Å². The van der Waals surface area contributed by atoms with Crippen molar-refractivity contribution in [2.75, 3.05) is 27.4 Å². The number of hydrogen-bond donors (Lipinski definition) is 3. The maximum absolute atomic E-state index is 14.5. The number of methoxy groups -OCH3 is 2. The minimum atomic E-state index is -0.764.